The van der Waals surface area contributed by atoms with Crippen molar-refractivity contribution in [1.82, 2.24) is 0 Å². The molecule has 0 aliphatic heterocycles. The van der Waals surface area contributed by atoms with Crippen LogP contribution in [0.1, 0.15) is 67.7 Å². The molecular formula is C15H34NO+. The maximum atomic E-state index is 9.91. The monoisotopic (exact) mass is 244 g/mol. The fourth-order valence-electron chi connectivity index (χ4n) is 3.32. The summed E-state index contributed by atoms with van der Waals surface area (Å²) in [7, 11) is 0. The summed E-state index contributed by atoms with van der Waals surface area (Å²) in [4.78, 5) is 0. The highest BCUT2D eigenvalue weighted by molar-refractivity contribution is 4.67. The fourth-order valence-corrected chi connectivity index (χ4v) is 3.32. The smallest absolute Gasteiger partial charge is 0.105 e. The van der Waals surface area contributed by atoms with Crippen molar-refractivity contribution >= 4 is 0 Å². The summed E-state index contributed by atoms with van der Waals surface area (Å²) in [6, 6.07) is 1.86. The van der Waals surface area contributed by atoms with Gasteiger partial charge in [-0.25, -0.2) is 0 Å². The predicted molar refractivity (Wildman–Crippen MR) is 76.1 cm³/mol. The van der Waals surface area contributed by atoms with Gasteiger partial charge in [0.15, 0.2) is 0 Å². The summed E-state index contributed by atoms with van der Waals surface area (Å²) in [6.07, 6.45) is 3.33. The molecule has 0 aromatic carbocycles. The van der Waals surface area contributed by atoms with E-state index in [2.05, 4.69) is 41.5 Å². The standard InChI is InChI=1S/C15H34NO/c1-8-12(4)16(11-15(7)17,13(5)9-2)14(6)10-3/h12-15,17H,8-11H2,1-7H3/q+1. The van der Waals surface area contributed by atoms with Crippen molar-refractivity contribution in [2.75, 3.05) is 6.54 Å². The van der Waals surface area contributed by atoms with Crippen LogP contribution in [-0.4, -0.2) is 40.4 Å². The van der Waals surface area contributed by atoms with E-state index in [0.717, 1.165) is 11.0 Å². The van der Waals surface area contributed by atoms with Crippen molar-refractivity contribution in [1.29, 1.82) is 0 Å². The molecule has 0 aliphatic rings. The first-order chi connectivity index (χ1) is 7.86. The van der Waals surface area contributed by atoms with Gasteiger partial charge < -0.3 is 9.59 Å². The second-order valence-electron chi connectivity index (χ2n) is 5.80. The van der Waals surface area contributed by atoms with Gasteiger partial charge in [-0.15, -0.1) is 0 Å². The van der Waals surface area contributed by atoms with Gasteiger partial charge in [0.05, 0.1) is 18.1 Å². The van der Waals surface area contributed by atoms with E-state index in [-0.39, 0.29) is 6.10 Å². The van der Waals surface area contributed by atoms with Crippen molar-refractivity contribution < 1.29 is 9.59 Å². The maximum Gasteiger partial charge on any atom is 0.105 e. The Morgan fingerprint density at radius 3 is 1.24 bits per heavy atom. The van der Waals surface area contributed by atoms with E-state index in [1.165, 1.54) is 19.3 Å². The van der Waals surface area contributed by atoms with Crippen molar-refractivity contribution in [2.45, 2.75) is 92.0 Å². The average molecular weight is 244 g/mol. The van der Waals surface area contributed by atoms with Gasteiger partial charge in [0.25, 0.3) is 0 Å². The number of aliphatic hydroxyl groups excluding tert-OH is 1. The van der Waals surface area contributed by atoms with Crippen molar-refractivity contribution in [2.24, 2.45) is 0 Å². The SMILES string of the molecule is CCC(C)[N+](CC(C)O)(C(C)CC)C(C)CC. The van der Waals surface area contributed by atoms with Gasteiger partial charge in [-0.05, 0) is 47.0 Å². The Labute approximate surface area is 109 Å². The van der Waals surface area contributed by atoms with Gasteiger partial charge in [0.2, 0.25) is 0 Å². The molecular weight excluding hydrogens is 210 g/mol. The Hall–Kier alpha value is -0.0800. The highest BCUT2D eigenvalue weighted by atomic mass is 16.3. The lowest BCUT2D eigenvalue weighted by Crippen LogP contribution is -2.66. The zero-order valence-electron chi connectivity index (χ0n) is 13.0. The van der Waals surface area contributed by atoms with E-state index in [9.17, 15) is 5.11 Å². The summed E-state index contributed by atoms with van der Waals surface area (Å²) in [5, 5.41) is 9.91. The minimum absolute atomic E-state index is 0.216. The van der Waals surface area contributed by atoms with Crippen molar-refractivity contribution in [3.05, 3.63) is 0 Å². The molecule has 0 saturated carbocycles. The second-order valence-corrected chi connectivity index (χ2v) is 5.80. The van der Waals surface area contributed by atoms with Gasteiger partial charge >= 0.3 is 0 Å². The summed E-state index contributed by atoms with van der Waals surface area (Å²) in [5.41, 5.74) is 0. The molecule has 0 radical (unpaired) electrons. The lowest BCUT2D eigenvalue weighted by Gasteiger charge is -2.52. The Morgan fingerprint density at radius 1 is 0.765 bits per heavy atom. The van der Waals surface area contributed by atoms with E-state index < -0.39 is 0 Å². The van der Waals surface area contributed by atoms with Crippen LogP contribution in [0.4, 0.5) is 0 Å². The molecule has 0 amide bonds. The molecule has 1 N–H and O–H groups in total. The van der Waals surface area contributed by atoms with E-state index in [0.29, 0.717) is 18.1 Å². The molecule has 104 valence electrons. The van der Waals surface area contributed by atoms with Crippen molar-refractivity contribution in [3.63, 3.8) is 0 Å². The van der Waals surface area contributed by atoms with Crippen LogP contribution in [0.3, 0.4) is 0 Å². The van der Waals surface area contributed by atoms with Crippen LogP contribution in [0.25, 0.3) is 0 Å². The molecule has 0 spiro atoms. The number of hydrogen-bond acceptors (Lipinski definition) is 1. The van der Waals surface area contributed by atoms with Gasteiger partial charge in [-0.2, -0.15) is 0 Å². The van der Waals surface area contributed by atoms with Crippen LogP contribution in [0.5, 0.6) is 0 Å². The molecule has 2 heteroatoms. The van der Waals surface area contributed by atoms with E-state index in [1.54, 1.807) is 0 Å². The molecule has 0 aliphatic carbocycles. The molecule has 0 bridgehead atoms. The first-order valence-corrected chi connectivity index (χ1v) is 7.41. The molecule has 17 heavy (non-hydrogen) atoms. The highest BCUT2D eigenvalue weighted by Gasteiger charge is 2.42. The first kappa shape index (κ1) is 16.9. The number of nitrogens with zero attached hydrogens (tertiary/aromatic N) is 1. The predicted octanol–water partition coefficient (Wildman–Crippen LogP) is 3.58. The van der Waals surface area contributed by atoms with Crippen LogP contribution >= 0.6 is 0 Å². The third kappa shape index (κ3) is 3.69. The first-order valence-electron chi connectivity index (χ1n) is 7.41. The molecule has 0 heterocycles. The minimum atomic E-state index is -0.216. The number of quaternary nitrogens is 1. The molecule has 0 aromatic heterocycles. The zero-order valence-corrected chi connectivity index (χ0v) is 13.0. The van der Waals surface area contributed by atoms with E-state index in [1.807, 2.05) is 6.92 Å². The molecule has 4 unspecified atom stereocenters. The zero-order chi connectivity index (χ0) is 13.6. The van der Waals surface area contributed by atoms with Crippen LogP contribution in [0.2, 0.25) is 0 Å². The average Bonchev–Trinajstić information content (AvgIpc) is 2.32. The minimum Gasteiger partial charge on any atom is -0.388 e. The Kier molecular flexibility index (Phi) is 7.34. The Morgan fingerprint density at radius 2 is 1.06 bits per heavy atom. The lowest BCUT2D eigenvalue weighted by atomic mass is 9.97. The normalized spacial score (nSPS) is 22.6. The van der Waals surface area contributed by atoms with Gasteiger partial charge in [0.1, 0.15) is 12.6 Å². The maximum absolute atomic E-state index is 9.91. The second kappa shape index (κ2) is 7.38. The third-order valence-corrected chi connectivity index (χ3v) is 4.81. The Bertz CT molecular complexity index is 177. The molecule has 0 fully saturated rings. The van der Waals surface area contributed by atoms with Gasteiger partial charge in [-0.1, -0.05) is 20.8 Å². The number of aliphatic hydroxyl groups is 1. The van der Waals surface area contributed by atoms with Gasteiger partial charge in [0, 0.05) is 0 Å². The summed E-state index contributed by atoms with van der Waals surface area (Å²) in [6.45, 7) is 16.7. The van der Waals surface area contributed by atoms with Crippen LogP contribution in [-0.2, 0) is 0 Å². The Balaban J connectivity index is 5.34. The van der Waals surface area contributed by atoms with Crippen LogP contribution in [0.15, 0.2) is 0 Å². The quantitative estimate of drug-likeness (QED) is 0.647. The molecule has 0 rings (SSSR count). The van der Waals surface area contributed by atoms with Gasteiger partial charge in [-0.3, -0.25) is 0 Å². The number of rotatable bonds is 8. The van der Waals surface area contributed by atoms with Crippen molar-refractivity contribution in [3.8, 4) is 0 Å². The summed E-state index contributed by atoms with van der Waals surface area (Å²) < 4.78 is 1.07. The molecule has 2 nitrogen and oxygen atoms in total. The molecule has 4 atom stereocenters. The molecule has 0 aromatic rings. The van der Waals surface area contributed by atoms with E-state index >= 15 is 0 Å². The number of hydrogen-bond donors (Lipinski definition) is 1. The fraction of sp³-hybridized carbons (Fsp3) is 1.00. The lowest BCUT2D eigenvalue weighted by molar-refractivity contribution is -0.992. The highest BCUT2D eigenvalue weighted by Crippen LogP contribution is 2.30. The topological polar surface area (TPSA) is 20.2 Å². The summed E-state index contributed by atoms with van der Waals surface area (Å²) in [5.74, 6) is 0. The third-order valence-electron chi connectivity index (χ3n) is 4.81. The molecule has 0 saturated heterocycles. The largest absolute Gasteiger partial charge is 0.388 e. The van der Waals surface area contributed by atoms with Crippen LogP contribution in [0, 0.1) is 0 Å². The van der Waals surface area contributed by atoms with E-state index in [4.69, 9.17) is 0 Å². The summed E-state index contributed by atoms with van der Waals surface area (Å²) >= 11 is 0. The van der Waals surface area contributed by atoms with Crippen LogP contribution < -0.4 is 0 Å².